The Morgan fingerprint density at radius 1 is 0.903 bits per heavy atom. The molecule has 0 saturated carbocycles. The molecule has 1 aliphatic heterocycles. The molecule has 0 aliphatic carbocycles. The van der Waals surface area contributed by atoms with Crippen molar-refractivity contribution in [3.05, 3.63) is 95.1 Å². The topological polar surface area (TPSA) is 46.6 Å². The molecule has 0 amide bonds. The van der Waals surface area contributed by atoms with Gasteiger partial charge in [-0.1, -0.05) is 30.3 Å². The molecule has 1 aliphatic rings. The SMILES string of the molecule is O=c1oc2cc(N3CCOCC3)ccc2cc1-c1cc[n+](Cc2ccccc2)cc1.[Br-]. The molecule has 4 aromatic rings. The van der Waals surface area contributed by atoms with E-state index in [2.05, 4.69) is 27.7 Å². The summed E-state index contributed by atoms with van der Waals surface area (Å²) < 4.78 is 13.2. The average Bonchev–Trinajstić information content (AvgIpc) is 2.80. The first-order valence-corrected chi connectivity index (χ1v) is 10.2. The van der Waals surface area contributed by atoms with Crippen molar-refractivity contribution in [1.29, 1.82) is 0 Å². The van der Waals surface area contributed by atoms with E-state index in [1.165, 1.54) is 5.56 Å². The summed E-state index contributed by atoms with van der Waals surface area (Å²) in [6, 6.07) is 22.2. The second-order valence-corrected chi connectivity index (χ2v) is 7.51. The molecule has 2 aromatic carbocycles. The minimum Gasteiger partial charge on any atom is -1.00 e. The van der Waals surface area contributed by atoms with Crippen LogP contribution in [0.4, 0.5) is 5.69 Å². The zero-order valence-corrected chi connectivity index (χ0v) is 18.6. The molecule has 1 fully saturated rings. The van der Waals surface area contributed by atoms with E-state index in [1.54, 1.807) is 0 Å². The highest BCUT2D eigenvalue weighted by Gasteiger charge is 2.14. The third-order valence-corrected chi connectivity index (χ3v) is 5.51. The van der Waals surface area contributed by atoms with Gasteiger partial charge >= 0.3 is 5.63 Å². The Morgan fingerprint density at radius 2 is 1.65 bits per heavy atom. The van der Waals surface area contributed by atoms with Crippen LogP contribution in [0, 0.1) is 0 Å². The molecule has 31 heavy (non-hydrogen) atoms. The fourth-order valence-corrected chi connectivity index (χ4v) is 3.86. The molecular formula is C25H23BrN2O3. The number of fused-ring (bicyclic) bond motifs is 1. The predicted octanol–water partition coefficient (Wildman–Crippen LogP) is 0.636. The van der Waals surface area contributed by atoms with Gasteiger partial charge in [0.1, 0.15) is 5.58 Å². The zero-order valence-electron chi connectivity index (χ0n) is 17.0. The van der Waals surface area contributed by atoms with E-state index in [-0.39, 0.29) is 22.6 Å². The Bertz CT molecular complexity index is 1220. The standard InChI is InChI=1S/C25H23N2O3.BrH/c28-25-23(20-8-10-26(11-9-20)18-19-4-2-1-3-5-19)16-21-6-7-22(17-24(21)30-25)27-12-14-29-15-13-27;/h1-11,16-17H,12-15,18H2;1H/q+1;/p-1. The summed E-state index contributed by atoms with van der Waals surface area (Å²) >= 11 is 0. The number of anilines is 1. The van der Waals surface area contributed by atoms with Crippen molar-refractivity contribution in [2.24, 2.45) is 0 Å². The van der Waals surface area contributed by atoms with Gasteiger partial charge in [-0.05, 0) is 18.2 Å². The minimum atomic E-state index is -0.317. The van der Waals surface area contributed by atoms with Gasteiger partial charge in [0, 0.05) is 53.5 Å². The van der Waals surface area contributed by atoms with Gasteiger partial charge in [0.05, 0.1) is 18.8 Å². The number of rotatable bonds is 4. The summed E-state index contributed by atoms with van der Waals surface area (Å²) in [5.74, 6) is 0. The number of ether oxygens (including phenoxy) is 1. The lowest BCUT2D eigenvalue weighted by atomic mass is 10.1. The van der Waals surface area contributed by atoms with Gasteiger partial charge in [0.25, 0.3) is 0 Å². The van der Waals surface area contributed by atoms with Crippen LogP contribution in [0.3, 0.4) is 0 Å². The summed E-state index contributed by atoms with van der Waals surface area (Å²) in [7, 11) is 0. The zero-order chi connectivity index (χ0) is 20.3. The van der Waals surface area contributed by atoms with Crippen molar-refractivity contribution in [3.63, 3.8) is 0 Å². The lowest BCUT2D eigenvalue weighted by Gasteiger charge is -2.28. The van der Waals surface area contributed by atoms with E-state index in [1.807, 2.05) is 60.9 Å². The van der Waals surface area contributed by atoms with E-state index in [9.17, 15) is 4.79 Å². The number of hydrogen-bond acceptors (Lipinski definition) is 4. The Morgan fingerprint density at radius 3 is 2.39 bits per heavy atom. The number of halogens is 1. The molecule has 0 unspecified atom stereocenters. The molecule has 3 heterocycles. The maximum atomic E-state index is 12.7. The fraction of sp³-hybridized carbons (Fsp3) is 0.200. The van der Waals surface area contributed by atoms with Crippen molar-refractivity contribution in [2.75, 3.05) is 31.2 Å². The second kappa shape index (κ2) is 9.45. The third-order valence-electron chi connectivity index (χ3n) is 5.51. The molecule has 0 N–H and O–H groups in total. The van der Waals surface area contributed by atoms with E-state index in [0.29, 0.717) is 11.1 Å². The van der Waals surface area contributed by atoms with Crippen LogP contribution in [0.15, 0.2) is 88.3 Å². The van der Waals surface area contributed by atoms with Crippen LogP contribution in [0.1, 0.15) is 5.56 Å². The highest BCUT2D eigenvalue weighted by Crippen LogP contribution is 2.25. The summed E-state index contributed by atoms with van der Waals surface area (Å²) in [4.78, 5) is 14.9. The third kappa shape index (κ3) is 4.70. The lowest BCUT2D eigenvalue weighted by molar-refractivity contribution is -0.688. The maximum Gasteiger partial charge on any atom is 0.344 e. The Kier molecular flexibility index (Phi) is 6.49. The summed E-state index contributed by atoms with van der Waals surface area (Å²) in [5.41, 5.74) is 4.02. The molecule has 0 atom stereocenters. The van der Waals surface area contributed by atoms with Crippen molar-refractivity contribution < 1.29 is 30.7 Å². The fourth-order valence-electron chi connectivity index (χ4n) is 3.86. The van der Waals surface area contributed by atoms with Crippen molar-refractivity contribution in [2.45, 2.75) is 6.54 Å². The molecule has 158 valence electrons. The Hall–Kier alpha value is -2.96. The normalized spacial score (nSPS) is 13.7. The molecule has 0 bridgehead atoms. The molecule has 0 spiro atoms. The monoisotopic (exact) mass is 478 g/mol. The first-order chi connectivity index (χ1) is 14.8. The molecule has 5 rings (SSSR count). The number of nitrogens with zero attached hydrogens (tertiary/aromatic N) is 2. The summed E-state index contributed by atoms with van der Waals surface area (Å²) in [5, 5.41) is 0.919. The Balaban J connectivity index is 0.00000231. The van der Waals surface area contributed by atoms with Gasteiger partial charge in [-0.3, -0.25) is 0 Å². The first kappa shape index (κ1) is 21.3. The van der Waals surface area contributed by atoms with Gasteiger partial charge in [-0.25, -0.2) is 9.36 Å². The van der Waals surface area contributed by atoms with Crippen molar-refractivity contribution >= 4 is 16.7 Å². The number of benzene rings is 2. The number of pyridine rings is 1. The number of aromatic nitrogens is 1. The quantitative estimate of drug-likeness (QED) is 0.319. The van der Waals surface area contributed by atoms with Crippen LogP contribution in [0.5, 0.6) is 0 Å². The first-order valence-electron chi connectivity index (χ1n) is 10.2. The van der Waals surface area contributed by atoms with Crippen LogP contribution in [0.25, 0.3) is 22.1 Å². The summed E-state index contributed by atoms with van der Waals surface area (Å²) in [6.45, 7) is 3.93. The molecule has 1 saturated heterocycles. The van der Waals surface area contributed by atoms with Crippen LogP contribution < -0.4 is 32.1 Å². The molecule has 0 radical (unpaired) electrons. The molecule has 5 nitrogen and oxygen atoms in total. The highest BCUT2D eigenvalue weighted by atomic mass is 79.9. The van der Waals surface area contributed by atoms with Crippen LogP contribution in [-0.4, -0.2) is 26.3 Å². The van der Waals surface area contributed by atoms with E-state index in [0.717, 1.165) is 49.5 Å². The largest absolute Gasteiger partial charge is 1.00 e. The van der Waals surface area contributed by atoms with E-state index in [4.69, 9.17) is 9.15 Å². The molecular weight excluding hydrogens is 456 g/mol. The van der Waals surface area contributed by atoms with Gasteiger partial charge in [-0.15, -0.1) is 0 Å². The predicted molar refractivity (Wildman–Crippen MR) is 117 cm³/mol. The van der Waals surface area contributed by atoms with Crippen LogP contribution in [-0.2, 0) is 11.3 Å². The van der Waals surface area contributed by atoms with Crippen LogP contribution in [0.2, 0.25) is 0 Å². The Labute approximate surface area is 191 Å². The van der Waals surface area contributed by atoms with E-state index >= 15 is 0 Å². The average molecular weight is 479 g/mol. The van der Waals surface area contributed by atoms with Gasteiger partial charge in [0.15, 0.2) is 18.9 Å². The van der Waals surface area contributed by atoms with Gasteiger partial charge in [-0.2, -0.15) is 0 Å². The number of morpholine rings is 1. The summed E-state index contributed by atoms with van der Waals surface area (Å²) in [6.07, 6.45) is 3.99. The van der Waals surface area contributed by atoms with Crippen molar-refractivity contribution in [3.8, 4) is 11.1 Å². The van der Waals surface area contributed by atoms with Crippen LogP contribution >= 0.6 is 0 Å². The smallest absolute Gasteiger partial charge is 0.344 e. The maximum absolute atomic E-state index is 12.7. The minimum absolute atomic E-state index is 0. The highest BCUT2D eigenvalue weighted by molar-refractivity contribution is 5.84. The van der Waals surface area contributed by atoms with Crippen molar-refractivity contribution in [1.82, 2.24) is 0 Å². The number of hydrogen-bond donors (Lipinski definition) is 0. The second-order valence-electron chi connectivity index (χ2n) is 7.51. The van der Waals surface area contributed by atoms with E-state index < -0.39 is 0 Å². The molecule has 2 aromatic heterocycles. The van der Waals surface area contributed by atoms with Gasteiger partial charge < -0.3 is 31.0 Å². The molecule has 6 heteroatoms. The lowest BCUT2D eigenvalue weighted by Crippen LogP contribution is -3.00. The van der Waals surface area contributed by atoms with Gasteiger partial charge in [0.2, 0.25) is 0 Å².